The van der Waals surface area contributed by atoms with E-state index in [9.17, 15) is 14.4 Å². The number of rotatable bonds is 4. The fraction of sp³-hybridized carbons (Fsp3) is 0.370. The molecule has 1 aromatic carbocycles. The minimum atomic E-state index is -0.533. The van der Waals surface area contributed by atoms with Crippen LogP contribution >= 0.6 is 22.9 Å². The quantitative estimate of drug-likeness (QED) is 0.517. The molecule has 2 N–H and O–H groups in total. The number of hydrogen-bond donors (Lipinski definition) is 2. The van der Waals surface area contributed by atoms with Gasteiger partial charge in [0.05, 0.1) is 12.7 Å². The summed E-state index contributed by atoms with van der Waals surface area (Å²) >= 11 is 7.76. The van der Waals surface area contributed by atoms with Crippen molar-refractivity contribution in [2.75, 3.05) is 12.4 Å². The fourth-order valence-corrected chi connectivity index (χ4v) is 6.92. The van der Waals surface area contributed by atoms with E-state index in [1.54, 1.807) is 6.07 Å². The van der Waals surface area contributed by atoms with Gasteiger partial charge in [0.1, 0.15) is 5.00 Å². The Balaban J connectivity index is 1.58. The number of fused-ring (bicyclic) bond motifs is 1. The number of carbonyl (C=O) groups excluding carboxylic acids is 3. The smallest absolute Gasteiger partial charge is 0.341 e. The lowest BCUT2D eigenvalue weighted by Gasteiger charge is -2.34. The highest BCUT2D eigenvalue weighted by atomic mass is 35.5. The number of dihydropyridines is 1. The lowest BCUT2D eigenvalue weighted by Crippen LogP contribution is -2.35. The van der Waals surface area contributed by atoms with Gasteiger partial charge in [-0.25, -0.2) is 4.79 Å². The molecule has 1 aliphatic heterocycles. The molecular formula is C27H27ClN2O4S. The number of ether oxygens (including phenoxy) is 1. The Morgan fingerprint density at radius 1 is 1.14 bits per heavy atom. The van der Waals surface area contributed by atoms with E-state index in [0.29, 0.717) is 38.9 Å². The van der Waals surface area contributed by atoms with Gasteiger partial charge in [0.25, 0.3) is 5.91 Å². The number of anilines is 1. The Morgan fingerprint density at radius 3 is 2.71 bits per heavy atom. The van der Waals surface area contributed by atoms with Crippen molar-refractivity contribution in [1.29, 1.82) is 0 Å². The van der Waals surface area contributed by atoms with E-state index >= 15 is 0 Å². The van der Waals surface area contributed by atoms with Crippen LogP contribution in [0.15, 0.2) is 46.8 Å². The summed E-state index contributed by atoms with van der Waals surface area (Å²) in [6, 6.07) is 7.33. The molecule has 0 bridgehead atoms. The lowest BCUT2D eigenvalue weighted by atomic mass is 9.75. The number of benzene rings is 1. The number of hydrogen-bond acceptors (Lipinski definition) is 6. The van der Waals surface area contributed by atoms with Gasteiger partial charge in [-0.1, -0.05) is 23.7 Å². The number of aryl methyl sites for hydroxylation is 1. The Labute approximate surface area is 213 Å². The standard InChI is InChI=1S/C27H27ClN2O4S/c1-14-21(25(32)30-26-23(27(33)34-2)17-9-3-4-12-20(17)35-26)22(15-7-5-8-16(28)13-15)24-18(29-14)10-6-11-19(24)31/h5,7-8,13,22,29H,3-4,6,9-12H2,1-2H3,(H,30,32). The minimum absolute atomic E-state index is 0.0448. The second kappa shape index (κ2) is 9.63. The number of allylic oxidation sites excluding steroid dienone is 3. The lowest BCUT2D eigenvalue weighted by molar-refractivity contribution is -0.116. The van der Waals surface area contributed by atoms with Gasteiger partial charge >= 0.3 is 5.97 Å². The van der Waals surface area contributed by atoms with Crippen molar-refractivity contribution in [1.82, 2.24) is 5.32 Å². The number of Topliss-reactive ketones (excluding diaryl/α,β-unsaturated/α-hetero) is 1. The first kappa shape index (κ1) is 23.8. The second-order valence-electron chi connectivity index (χ2n) is 9.18. The Morgan fingerprint density at radius 2 is 1.94 bits per heavy atom. The van der Waals surface area contributed by atoms with Crippen molar-refractivity contribution in [3.05, 3.63) is 73.4 Å². The maximum Gasteiger partial charge on any atom is 0.341 e. The molecule has 0 saturated carbocycles. The molecule has 1 unspecified atom stereocenters. The number of thiophene rings is 1. The average molecular weight is 511 g/mol. The molecule has 6 nitrogen and oxygen atoms in total. The maximum absolute atomic E-state index is 13.9. The van der Waals surface area contributed by atoms with Crippen LogP contribution < -0.4 is 10.6 Å². The van der Waals surface area contributed by atoms with Gasteiger partial charge < -0.3 is 15.4 Å². The normalized spacial score (nSPS) is 19.6. The van der Waals surface area contributed by atoms with Crippen molar-refractivity contribution >= 4 is 45.6 Å². The van der Waals surface area contributed by atoms with E-state index in [-0.39, 0.29) is 11.7 Å². The Hall–Kier alpha value is -2.90. The number of esters is 1. The summed E-state index contributed by atoms with van der Waals surface area (Å²) in [5, 5.41) is 7.41. The van der Waals surface area contributed by atoms with Crippen molar-refractivity contribution in [3.8, 4) is 0 Å². The number of methoxy groups -OCH3 is 1. The Kier molecular flexibility index (Phi) is 6.55. The summed E-state index contributed by atoms with van der Waals surface area (Å²) in [4.78, 5) is 40.8. The van der Waals surface area contributed by atoms with Crippen LogP contribution in [0.1, 0.15) is 71.3 Å². The van der Waals surface area contributed by atoms with Crippen LogP contribution in [0.2, 0.25) is 5.02 Å². The molecule has 35 heavy (non-hydrogen) atoms. The molecule has 1 amide bonds. The fourth-order valence-electron chi connectivity index (χ4n) is 5.45. The van der Waals surface area contributed by atoms with Gasteiger partial charge in [-0.2, -0.15) is 0 Å². The van der Waals surface area contributed by atoms with E-state index in [0.717, 1.165) is 60.2 Å². The van der Waals surface area contributed by atoms with E-state index in [1.807, 2.05) is 25.1 Å². The zero-order valence-corrected chi connectivity index (χ0v) is 21.3. The zero-order chi connectivity index (χ0) is 24.7. The van der Waals surface area contributed by atoms with Crippen molar-refractivity contribution in [2.45, 2.75) is 57.8 Å². The number of ketones is 1. The average Bonchev–Trinajstić information content (AvgIpc) is 3.20. The summed E-state index contributed by atoms with van der Waals surface area (Å²) in [6.45, 7) is 1.86. The molecule has 0 fully saturated rings. The second-order valence-corrected chi connectivity index (χ2v) is 10.7. The molecule has 1 atom stereocenters. The predicted octanol–water partition coefficient (Wildman–Crippen LogP) is 5.67. The maximum atomic E-state index is 13.9. The highest BCUT2D eigenvalue weighted by Gasteiger charge is 2.39. The first-order valence-corrected chi connectivity index (χ1v) is 13.1. The van der Waals surface area contributed by atoms with Crippen LogP contribution in [0, 0.1) is 0 Å². The van der Waals surface area contributed by atoms with Crippen LogP contribution in [0.5, 0.6) is 0 Å². The van der Waals surface area contributed by atoms with E-state index < -0.39 is 11.9 Å². The first-order chi connectivity index (χ1) is 16.9. The summed E-state index contributed by atoms with van der Waals surface area (Å²) in [5.41, 5.74) is 4.90. The summed E-state index contributed by atoms with van der Waals surface area (Å²) in [5.74, 6) is -1.27. The van der Waals surface area contributed by atoms with Gasteiger partial charge in [0.2, 0.25) is 0 Å². The van der Waals surface area contributed by atoms with Crippen LogP contribution in [0.25, 0.3) is 0 Å². The van der Waals surface area contributed by atoms with Crippen LogP contribution in [0.3, 0.4) is 0 Å². The largest absolute Gasteiger partial charge is 0.465 e. The molecule has 182 valence electrons. The third kappa shape index (κ3) is 4.32. The van der Waals surface area contributed by atoms with Gasteiger partial charge in [0, 0.05) is 44.8 Å². The minimum Gasteiger partial charge on any atom is -0.465 e. The monoisotopic (exact) mass is 510 g/mol. The number of carbonyl (C=O) groups is 3. The molecule has 1 aromatic heterocycles. The molecule has 0 radical (unpaired) electrons. The molecular weight excluding hydrogens is 484 g/mol. The van der Waals surface area contributed by atoms with Crippen LogP contribution in [0.4, 0.5) is 5.00 Å². The van der Waals surface area contributed by atoms with Crippen LogP contribution in [-0.4, -0.2) is 24.8 Å². The predicted molar refractivity (Wildman–Crippen MR) is 137 cm³/mol. The topological polar surface area (TPSA) is 84.5 Å². The van der Waals surface area contributed by atoms with E-state index in [4.69, 9.17) is 16.3 Å². The van der Waals surface area contributed by atoms with E-state index in [1.165, 1.54) is 18.4 Å². The molecule has 8 heteroatoms. The highest BCUT2D eigenvalue weighted by molar-refractivity contribution is 7.17. The molecule has 2 aliphatic carbocycles. The van der Waals surface area contributed by atoms with Gasteiger partial charge in [-0.3, -0.25) is 9.59 Å². The number of amides is 1. The van der Waals surface area contributed by atoms with Gasteiger partial charge in [-0.15, -0.1) is 11.3 Å². The van der Waals surface area contributed by atoms with Crippen molar-refractivity contribution in [2.24, 2.45) is 0 Å². The molecule has 2 aromatic rings. The highest BCUT2D eigenvalue weighted by Crippen LogP contribution is 2.44. The van der Waals surface area contributed by atoms with Gasteiger partial charge in [0.15, 0.2) is 5.78 Å². The summed E-state index contributed by atoms with van der Waals surface area (Å²) < 4.78 is 5.06. The zero-order valence-electron chi connectivity index (χ0n) is 19.8. The van der Waals surface area contributed by atoms with Gasteiger partial charge in [-0.05, 0) is 68.7 Å². The SMILES string of the molecule is COC(=O)c1c(NC(=O)C2=C(C)NC3=C(C(=O)CCC3)C2c2cccc(Cl)c2)sc2c1CCCC2. The molecule has 0 spiro atoms. The first-order valence-electron chi connectivity index (χ1n) is 11.9. The van der Waals surface area contributed by atoms with Crippen molar-refractivity contribution in [3.63, 3.8) is 0 Å². The third-order valence-electron chi connectivity index (χ3n) is 6.99. The summed E-state index contributed by atoms with van der Waals surface area (Å²) in [7, 11) is 1.36. The number of halogens is 1. The number of nitrogens with one attached hydrogen (secondary N) is 2. The third-order valence-corrected chi connectivity index (χ3v) is 8.43. The van der Waals surface area contributed by atoms with Crippen LogP contribution in [-0.2, 0) is 27.2 Å². The Bertz CT molecular complexity index is 1310. The molecule has 5 rings (SSSR count). The molecule has 2 heterocycles. The van der Waals surface area contributed by atoms with Crippen molar-refractivity contribution < 1.29 is 19.1 Å². The van der Waals surface area contributed by atoms with E-state index in [2.05, 4.69) is 10.6 Å². The molecule has 3 aliphatic rings. The summed E-state index contributed by atoms with van der Waals surface area (Å²) in [6.07, 6.45) is 5.75. The molecule has 0 saturated heterocycles.